The summed E-state index contributed by atoms with van der Waals surface area (Å²) >= 11 is 11.7. The third-order valence-electron chi connectivity index (χ3n) is 2.83. The Balaban J connectivity index is 2.14. The van der Waals surface area contributed by atoms with Crippen molar-refractivity contribution in [2.24, 2.45) is 7.05 Å². The van der Waals surface area contributed by atoms with Crippen molar-refractivity contribution in [1.29, 1.82) is 0 Å². The minimum atomic E-state index is -0.0930. The van der Waals surface area contributed by atoms with Crippen LogP contribution >= 0.6 is 23.2 Å². The molecule has 2 rings (SSSR count). The van der Waals surface area contributed by atoms with Gasteiger partial charge in [0.05, 0.1) is 15.7 Å². The molecule has 0 saturated heterocycles. The minimum Gasteiger partial charge on any atom is -0.505 e. The third-order valence-corrected chi connectivity index (χ3v) is 3.40. The number of benzene rings is 1. The Bertz CT molecular complexity index is 573. The zero-order valence-corrected chi connectivity index (χ0v) is 12.3. The number of nitrogens with zero attached hydrogens (tertiary/aromatic N) is 2. The van der Waals surface area contributed by atoms with E-state index in [1.807, 2.05) is 13.2 Å². The van der Waals surface area contributed by atoms with E-state index in [0.717, 1.165) is 23.4 Å². The summed E-state index contributed by atoms with van der Waals surface area (Å²) in [5, 5.41) is 17.6. The highest BCUT2D eigenvalue weighted by molar-refractivity contribution is 6.37. The van der Waals surface area contributed by atoms with Crippen molar-refractivity contribution < 1.29 is 5.11 Å². The van der Waals surface area contributed by atoms with Crippen LogP contribution < -0.4 is 5.32 Å². The van der Waals surface area contributed by atoms with Crippen LogP contribution in [-0.2, 0) is 20.0 Å². The predicted octanol–water partition coefficient (Wildman–Crippen LogP) is 3.61. The number of anilines is 1. The molecule has 0 unspecified atom stereocenters. The van der Waals surface area contributed by atoms with Gasteiger partial charge in [0.2, 0.25) is 0 Å². The van der Waals surface area contributed by atoms with E-state index in [1.165, 1.54) is 0 Å². The highest BCUT2D eigenvalue weighted by Crippen LogP contribution is 2.34. The van der Waals surface area contributed by atoms with Crippen LogP contribution in [0.4, 0.5) is 5.69 Å². The third kappa shape index (κ3) is 3.14. The summed E-state index contributed by atoms with van der Waals surface area (Å²) in [6, 6.07) is 3.29. The number of aryl methyl sites for hydroxylation is 2. The van der Waals surface area contributed by atoms with Gasteiger partial charge in [0.1, 0.15) is 0 Å². The maximum absolute atomic E-state index is 9.50. The quantitative estimate of drug-likeness (QED) is 0.848. The van der Waals surface area contributed by atoms with Crippen LogP contribution in [0.25, 0.3) is 0 Å². The first-order chi connectivity index (χ1) is 9.01. The second kappa shape index (κ2) is 5.72. The summed E-state index contributed by atoms with van der Waals surface area (Å²) in [4.78, 5) is 0. The number of hydrogen-bond acceptors (Lipinski definition) is 3. The predicted molar refractivity (Wildman–Crippen MR) is 78.0 cm³/mol. The van der Waals surface area contributed by atoms with Crippen LogP contribution in [0.15, 0.2) is 18.3 Å². The van der Waals surface area contributed by atoms with Gasteiger partial charge in [0.15, 0.2) is 5.75 Å². The second-order valence-electron chi connectivity index (χ2n) is 4.27. The maximum atomic E-state index is 9.50. The lowest BCUT2D eigenvalue weighted by molar-refractivity contribution is 0.476. The van der Waals surface area contributed by atoms with Crippen molar-refractivity contribution in [3.8, 4) is 5.75 Å². The molecule has 0 radical (unpaired) electrons. The molecular formula is C13H15Cl2N3O. The highest BCUT2D eigenvalue weighted by atomic mass is 35.5. The van der Waals surface area contributed by atoms with Crippen LogP contribution in [0.5, 0.6) is 5.75 Å². The van der Waals surface area contributed by atoms with E-state index in [0.29, 0.717) is 6.54 Å². The first kappa shape index (κ1) is 14.0. The van der Waals surface area contributed by atoms with E-state index in [-0.39, 0.29) is 15.8 Å². The lowest BCUT2D eigenvalue weighted by atomic mass is 10.2. The molecule has 0 fully saturated rings. The van der Waals surface area contributed by atoms with Crippen molar-refractivity contribution >= 4 is 28.9 Å². The fourth-order valence-electron chi connectivity index (χ4n) is 1.89. The SMILES string of the molecule is CCc1nn(C)cc1CNc1cc(Cl)c(O)c(Cl)c1. The van der Waals surface area contributed by atoms with Gasteiger partial charge in [-0.2, -0.15) is 5.10 Å². The molecule has 1 aromatic heterocycles. The molecule has 4 nitrogen and oxygen atoms in total. The molecule has 6 heteroatoms. The number of halogens is 2. The van der Waals surface area contributed by atoms with E-state index < -0.39 is 0 Å². The smallest absolute Gasteiger partial charge is 0.152 e. The van der Waals surface area contributed by atoms with Gasteiger partial charge >= 0.3 is 0 Å². The molecule has 1 aromatic carbocycles. The summed E-state index contributed by atoms with van der Waals surface area (Å²) < 4.78 is 1.80. The molecule has 0 amide bonds. The van der Waals surface area contributed by atoms with E-state index in [2.05, 4.69) is 17.3 Å². The van der Waals surface area contributed by atoms with Gasteiger partial charge in [-0.3, -0.25) is 4.68 Å². The second-order valence-corrected chi connectivity index (χ2v) is 5.08. The van der Waals surface area contributed by atoms with Crippen LogP contribution in [0.3, 0.4) is 0 Å². The van der Waals surface area contributed by atoms with Gasteiger partial charge in [0, 0.05) is 31.0 Å². The zero-order chi connectivity index (χ0) is 14.0. The topological polar surface area (TPSA) is 50.1 Å². The van der Waals surface area contributed by atoms with Crippen molar-refractivity contribution in [3.63, 3.8) is 0 Å². The van der Waals surface area contributed by atoms with Gasteiger partial charge in [-0.25, -0.2) is 0 Å². The van der Waals surface area contributed by atoms with Gasteiger partial charge in [-0.15, -0.1) is 0 Å². The Labute approximate surface area is 122 Å². The molecular weight excluding hydrogens is 285 g/mol. The number of phenolic OH excluding ortho intramolecular Hbond substituents is 1. The van der Waals surface area contributed by atoms with Crippen LogP contribution in [0, 0.1) is 0 Å². The normalized spacial score (nSPS) is 10.7. The Morgan fingerprint density at radius 3 is 2.53 bits per heavy atom. The van der Waals surface area contributed by atoms with Crippen molar-refractivity contribution in [1.82, 2.24) is 9.78 Å². The molecule has 0 aliphatic carbocycles. The van der Waals surface area contributed by atoms with Gasteiger partial charge < -0.3 is 10.4 Å². The lowest BCUT2D eigenvalue weighted by Crippen LogP contribution is -2.01. The number of rotatable bonds is 4. The number of nitrogens with one attached hydrogen (secondary N) is 1. The molecule has 0 aliphatic rings. The number of phenols is 1. The average molecular weight is 300 g/mol. The summed E-state index contributed by atoms with van der Waals surface area (Å²) in [6.45, 7) is 2.70. The number of aromatic nitrogens is 2. The maximum Gasteiger partial charge on any atom is 0.152 e. The summed E-state index contributed by atoms with van der Waals surface area (Å²) in [5.74, 6) is -0.0930. The van der Waals surface area contributed by atoms with Crippen LogP contribution in [-0.4, -0.2) is 14.9 Å². The summed E-state index contributed by atoms with van der Waals surface area (Å²) in [7, 11) is 1.90. The molecule has 2 aromatic rings. The Hall–Kier alpha value is -1.39. The van der Waals surface area contributed by atoms with Crippen molar-refractivity contribution in [2.45, 2.75) is 19.9 Å². The standard InChI is InChI=1S/C13H15Cl2N3O/c1-3-12-8(7-18(2)17-12)6-16-9-4-10(14)13(19)11(15)5-9/h4-5,7,16,19H,3,6H2,1-2H3. The monoisotopic (exact) mass is 299 g/mol. The molecule has 102 valence electrons. The largest absolute Gasteiger partial charge is 0.505 e. The molecule has 0 spiro atoms. The Kier molecular flexibility index (Phi) is 4.22. The van der Waals surface area contributed by atoms with Gasteiger partial charge in [-0.05, 0) is 18.6 Å². The first-order valence-electron chi connectivity index (χ1n) is 5.94. The fourth-order valence-corrected chi connectivity index (χ4v) is 2.38. The Morgan fingerprint density at radius 1 is 1.32 bits per heavy atom. The number of aromatic hydroxyl groups is 1. The minimum absolute atomic E-state index is 0.0930. The van der Waals surface area contributed by atoms with Gasteiger partial charge in [0.25, 0.3) is 0 Å². The van der Waals surface area contributed by atoms with E-state index in [4.69, 9.17) is 23.2 Å². The number of hydrogen-bond donors (Lipinski definition) is 2. The first-order valence-corrected chi connectivity index (χ1v) is 6.70. The molecule has 2 N–H and O–H groups in total. The molecule has 0 atom stereocenters. The molecule has 1 heterocycles. The average Bonchev–Trinajstić information content (AvgIpc) is 2.73. The lowest BCUT2D eigenvalue weighted by Gasteiger charge is -2.08. The fraction of sp³-hybridized carbons (Fsp3) is 0.308. The molecule has 0 bridgehead atoms. The van der Waals surface area contributed by atoms with E-state index >= 15 is 0 Å². The zero-order valence-electron chi connectivity index (χ0n) is 10.7. The molecule has 0 aliphatic heterocycles. The Morgan fingerprint density at radius 2 is 1.95 bits per heavy atom. The molecule has 0 saturated carbocycles. The van der Waals surface area contributed by atoms with E-state index in [9.17, 15) is 5.11 Å². The van der Waals surface area contributed by atoms with Crippen LogP contribution in [0.2, 0.25) is 10.0 Å². The summed E-state index contributed by atoms with van der Waals surface area (Å²) in [6.07, 6.45) is 2.87. The van der Waals surface area contributed by atoms with Crippen molar-refractivity contribution in [3.05, 3.63) is 39.6 Å². The van der Waals surface area contributed by atoms with Gasteiger partial charge in [-0.1, -0.05) is 30.1 Å². The molecule has 19 heavy (non-hydrogen) atoms. The van der Waals surface area contributed by atoms with Crippen molar-refractivity contribution in [2.75, 3.05) is 5.32 Å². The summed E-state index contributed by atoms with van der Waals surface area (Å²) in [5.41, 5.74) is 2.95. The highest BCUT2D eigenvalue weighted by Gasteiger charge is 2.08. The van der Waals surface area contributed by atoms with Crippen LogP contribution in [0.1, 0.15) is 18.2 Å². The van der Waals surface area contributed by atoms with E-state index in [1.54, 1.807) is 16.8 Å².